The highest BCUT2D eigenvalue weighted by Gasteiger charge is 2.07. The maximum absolute atomic E-state index is 12.9. The molecule has 120 valence electrons. The minimum absolute atomic E-state index is 0.303. The smallest absolute Gasteiger partial charge is 0.257 e. The maximum Gasteiger partial charge on any atom is 0.257 e. The molecule has 0 saturated heterocycles. The fourth-order valence-electron chi connectivity index (χ4n) is 2.05. The summed E-state index contributed by atoms with van der Waals surface area (Å²) in [7, 11) is 0. The number of halogens is 2. The molecule has 4 nitrogen and oxygen atoms in total. The molecular formula is C18H13BrFN3O. The Morgan fingerprint density at radius 1 is 1.00 bits per heavy atom. The quantitative estimate of drug-likeness (QED) is 0.665. The van der Waals surface area contributed by atoms with E-state index in [1.165, 1.54) is 30.5 Å². The Kier molecular flexibility index (Phi) is 4.86. The van der Waals surface area contributed by atoms with E-state index in [9.17, 15) is 9.18 Å². The van der Waals surface area contributed by atoms with Gasteiger partial charge in [-0.2, -0.15) is 0 Å². The van der Waals surface area contributed by atoms with Crippen LogP contribution in [0.1, 0.15) is 10.4 Å². The molecule has 0 unspecified atom stereocenters. The summed E-state index contributed by atoms with van der Waals surface area (Å²) in [6.07, 6.45) is 1.49. The van der Waals surface area contributed by atoms with Crippen molar-refractivity contribution in [2.45, 2.75) is 0 Å². The van der Waals surface area contributed by atoms with E-state index in [-0.39, 0.29) is 11.7 Å². The number of benzene rings is 2. The van der Waals surface area contributed by atoms with Crippen LogP contribution in [0, 0.1) is 5.82 Å². The topological polar surface area (TPSA) is 54.0 Å². The molecule has 0 spiro atoms. The molecule has 0 aliphatic rings. The second-order valence-corrected chi connectivity index (χ2v) is 5.94. The van der Waals surface area contributed by atoms with Crippen LogP contribution in [0.5, 0.6) is 0 Å². The van der Waals surface area contributed by atoms with Crippen molar-refractivity contribution < 1.29 is 9.18 Å². The molecule has 1 amide bonds. The monoisotopic (exact) mass is 385 g/mol. The maximum atomic E-state index is 12.9. The molecule has 0 aliphatic heterocycles. The number of hydrogen-bond donors (Lipinski definition) is 2. The summed E-state index contributed by atoms with van der Waals surface area (Å²) in [5.41, 5.74) is 1.83. The molecule has 1 heterocycles. The van der Waals surface area contributed by atoms with E-state index in [0.717, 1.165) is 10.2 Å². The molecule has 0 bridgehead atoms. The second-order valence-electron chi connectivity index (χ2n) is 5.03. The predicted octanol–water partition coefficient (Wildman–Crippen LogP) is 4.98. The Bertz CT molecular complexity index is 851. The molecule has 0 radical (unpaired) electrons. The van der Waals surface area contributed by atoms with Gasteiger partial charge in [0, 0.05) is 22.0 Å². The molecule has 0 atom stereocenters. The molecule has 3 rings (SSSR count). The van der Waals surface area contributed by atoms with Crippen LogP contribution in [0.15, 0.2) is 71.3 Å². The summed E-state index contributed by atoms with van der Waals surface area (Å²) in [5.74, 6) is -0.0211. The predicted molar refractivity (Wildman–Crippen MR) is 96.0 cm³/mol. The summed E-state index contributed by atoms with van der Waals surface area (Å²) in [6.45, 7) is 0. The van der Waals surface area contributed by atoms with E-state index in [2.05, 4.69) is 31.5 Å². The van der Waals surface area contributed by atoms with Crippen LogP contribution in [0.3, 0.4) is 0 Å². The Balaban J connectivity index is 1.67. The number of aromatic nitrogens is 1. The highest BCUT2D eigenvalue weighted by molar-refractivity contribution is 9.10. The first-order valence-electron chi connectivity index (χ1n) is 7.16. The zero-order valence-electron chi connectivity index (χ0n) is 12.5. The minimum Gasteiger partial charge on any atom is -0.340 e. The second kappa shape index (κ2) is 7.23. The van der Waals surface area contributed by atoms with Gasteiger partial charge in [0.2, 0.25) is 0 Å². The summed E-state index contributed by atoms with van der Waals surface area (Å²) >= 11 is 3.41. The van der Waals surface area contributed by atoms with Crippen LogP contribution in [0.2, 0.25) is 0 Å². The first-order chi connectivity index (χ1) is 11.6. The number of pyridine rings is 1. The van der Waals surface area contributed by atoms with Gasteiger partial charge in [-0.1, -0.05) is 22.0 Å². The number of carbonyl (C=O) groups excluding carboxylic acids is 1. The molecular weight excluding hydrogens is 373 g/mol. The first-order valence-corrected chi connectivity index (χ1v) is 7.95. The lowest BCUT2D eigenvalue weighted by Gasteiger charge is -2.08. The summed E-state index contributed by atoms with van der Waals surface area (Å²) < 4.78 is 13.8. The molecule has 24 heavy (non-hydrogen) atoms. The number of anilines is 3. The van der Waals surface area contributed by atoms with Crippen molar-refractivity contribution in [3.63, 3.8) is 0 Å². The lowest BCUT2D eigenvalue weighted by Crippen LogP contribution is -2.12. The molecule has 0 fully saturated rings. The van der Waals surface area contributed by atoms with Crippen LogP contribution in [0.25, 0.3) is 0 Å². The van der Waals surface area contributed by atoms with E-state index in [1.807, 2.05) is 24.3 Å². The van der Waals surface area contributed by atoms with Gasteiger partial charge < -0.3 is 10.6 Å². The zero-order valence-corrected chi connectivity index (χ0v) is 14.0. The average Bonchev–Trinajstić information content (AvgIpc) is 2.57. The fourth-order valence-corrected chi connectivity index (χ4v) is 2.45. The number of nitrogens with zero attached hydrogens (tertiary/aromatic N) is 1. The largest absolute Gasteiger partial charge is 0.340 e. The molecule has 0 aliphatic carbocycles. The first kappa shape index (κ1) is 16.1. The number of nitrogens with one attached hydrogen (secondary N) is 2. The SMILES string of the molecule is O=C(Nc1ccc(F)cc1)c1ccc(Nc2cccc(Br)c2)nc1. The van der Waals surface area contributed by atoms with Crippen molar-refractivity contribution in [3.05, 3.63) is 82.7 Å². The summed E-state index contributed by atoms with van der Waals surface area (Å²) in [5, 5.41) is 5.84. The van der Waals surface area contributed by atoms with Gasteiger partial charge in [-0.15, -0.1) is 0 Å². The normalized spacial score (nSPS) is 10.2. The molecule has 0 saturated carbocycles. The highest BCUT2D eigenvalue weighted by Crippen LogP contribution is 2.19. The van der Waals surface area contributed by atoms with E-state index in [4.69, 9.17) is 0 Å². The Morgan fingerprint density at radius 2 is 1.79 bits per heavy atom. The van der Waals surface area contributed by atoms with Crippen LogP contribution < -0.4 is 10.6 Å². The van der Waals surface area contributed by atoms with Gasteiger partial charge in [0.15, 0.2) is 0 Å². The summed E-state index contributed by atoms with van der Waals surface area (Å²) in [4.78, 5) is 16.4. The molecule has 1 aromatic heterocycles. The van der Waals surface area contributed by atoms with E-state index < -0.39 is 0 Å². The van der Waals surface area contributed by atoms with Gasteiger partial charge >= 0.3 is 0 Å². The third kappa shape index (κ3) is 4.17. The lowest BCUT2D eigenvalue weighted by molar-refractivity contribution is 0.102. The van der Waals surface area contributed by atoms with E-state index in [1.54, 1.807) is 12.1 Å². The Labute approximate surface area is 146 Å². The number of amides is 1. The Morgan fingerprint density at radius 3 is 2.46 bits per heavy atom. The number of hydrogen-bond acceptors (Lipinski definition) is 3. The average molecular weight is 386 g/mol. The van der Waals surface area contributed by atoms with Crippen molar-refractivity contribution in [2.24, 2.45) is 0 Å². The molecule has 2 N–H and O–H groups in total. The molecule has 2 aromatic carbocycles. The zero-order chi connectivity index (χ0) is 16.9. The lowest BCUT2D eigenvalue weighted by atomic mass is 10.2. The Hall–Kier alpha value is -2.73. The number of rotatable bonds is 4. The van der Waals surface area contributed by atoms with Gasteiger partial charge in [-0.05, 0) is 54.6 Å². The van der Waals surface area contributed by atoms with Gasteiger partial charge in [0.1, 0.15) is 11.6 Å². The van der Waals surface area contributed by atoms with Crippen molar-refractivity contribution in [1.29, 1.82) is 0 Å². The minimum atomic E-state index is -0.349. The van der Waals surface area contributed by atoms with Crippen LogP contribution in [-0.4, -0.2) is 10.9 Å². The summed E-state index contributed by atoms with van der Waals surface area (Å²) in [6, 6.07) is 16.7. The van der Waals surface area contributed by atoms with Gasteiger partial charge in [0.05, 0.1) is 5.56 Å². The van der Waals surface area contributed by atoms with Crippen molar-refractivity contribution in [2.75, 3.05) is 10.6 Å². The van der Waals surface area contributed by atoms with Crippen LogP contribution in [-0.2, 0) is 0 Å². The van der Waals surface area contributed by atoms with Gasteiger partial charge in [-0.3, -0.25) is 4.79 Å². The van der Waals surface area contributed by atoms with Crippen molar-refractivity contribution in [1.82, 2.24) is 4.98 Å². The van der Waals surface area contributed by atoms with Crippen molar-refractivity contribution in [3.8, 4) is 0 Å². The van der Waals surface area contributed by atoms with E-state index in [0.29, 0.717) is 17.1 Å². The fraction of sp³-hybridized carbons (Fsp3) is 0. The van der Waals surface area contributed by atoms with Crippen LogP contribution in [0.4, 0.5) is 21.6 Å². The molecule has 6 heteroatoms. The van der Waals surface area contributed by atoms with Gasteiger partial charge in [0.25, 0.3) is 5.91 Å². The molecule has 3 aromatic rings. The highest BCUT2D eigenvalue weighted by atomic mass is 79.9. The van der Waals surface area contributed by atoms with Crippen molar-refractivity contribution >= 4 is 39.0 Å². The number of carbonyl (C=O) groups is 1. The van der Waals surface area contributed by atoms with E-state index >= 15 is 0 Å². The third-order valence-corrected chi connectivity index (χ3v) is 3.72. The standard InChI is InChI=1S/C18H13BrFN3O/c19-13-2-1-3-16(10-13)22-17-9-4-12(11-21-17)18(24)23-15-7-5-14(20)6-8-15/h1-11H,(H,21,22)(H,23,24). The third-order valence-electron chi connectivity index (χ3n) is 3.22. The van der Waals surface area contributed by atoms with Crippen LogP contribution >= 0.6 is 15.9 Å². The van der Waals surface area contributed by atoms with Gasteiger partial charge in [-0.25, -0.2) is 9.37 Å².